The molecule has 21 heavy (non-hydrogen) atoms. The van der Waals surface area contributed by atoms with Crippen LogP contribution in [-0.2, 0) is 20.6 Å². The molecule has 1 rings (SSSR count). The van der Waals surface area contributed by atoms with E-state index in [2.05, 4.69) is 5.32 Å². The predicted octanol–water partition coefficient (Wildman–Crippen LogP) is 0.219. The van der Waals surface area contributed by atoms with Crippen LogP contribution in [0, 0.1) is 0 Å². The van der Waals surface area contributed by atoms with E-state index in [0.29, 0.717) is 17.7 Å². The van der Waals surface area contributed by atoms with E-state index in [9.17, 15) is 13.2 Å². The molecule has 0 aliphatic heterocycles. The van der Waals surface area contributed by atoms with Crippen LogP contribution in [0.5, 0.6) is 0 Å². The van der Waals surface area contributed by atoms with Crippen LogP contribution in [0.4, 0.5) is 0 Å². The molecular formula is C13H19N3O3S2. The number of benzene rings is 1. The highest BCUT2D eigenvalue weighted by Gasteiger charge is 2.20. The summed E-state index contributed by atoms with van der Waals surface area (Å²) in [6.07, 6.45) is 0. The largest absolute Gasteiger partial charge is 0.389 e. The lowest BCUT2D eigenvalue weighted by molar-refractivity contribution is -0.121. The normalized spacial score (nSPS) is 11.4. The number of carbonyl (C=O) groups excluding carboxylic acids is 1. The Balaban J connectivity index is 2.75. The third kappa shape index (κ3) is 5.41. The quantitative estimate of drug-likeness (QED) is 0.698. The molecule has 1 aromatic carbocycles. The Morgan fingerprint density at radius 2 is 1.90 bits per heavy atom. The monoisotopic (exact) mass is 329 g/mol. The van der Waals surface area contributed by atoms with Gasteiger partial charge >= 0.3 is 0 Å². The fourth-order valence-electron chi connectivity index (χ4n) is 1.64. The summed E-state index contributed by atoms with van der Waals surface area (Å²) in [6.45, 7) is 2.05. The maximum absolute atomic E-state index is 12.2. The van der Waals surface area contributed by atoms with Crippen molar-refractivity contribution in [2.45, 2.75) is 12.7 Å². The second-order valence-electron chi connectivity index (χ2n) is 4.53. The van der Waals surface area contributed by atoms with Crippen LogP contribution < -0.4 is 11.1 Å². The van der Waals surface area contributed by atoms with Gasteiger partial charge in [0.2, 0.25) is 15.9 Å². The first-order chi connectivity index (χ1) is 9.76. The van der Waals surface area contributed by atoms with Gasteiger partial charge in [0, 0.05) is 19.2 Å². The summed E-state index contributed by atoms with van der Waals surface area (Å²) in [7, 11) is -2.17. The fraction of sp³-hybridized carbons (Fsp3) is 0.385. The third-order valence-corrected chi connectivity index (χ3v) is 4.82. The van der Waals surface area contributed by atoms with Crippen LogP contribution in [0.3, 0.4) is 0 Å². The molecule has 6 nitrogen and oxygen atoms in total. The maximum Gasteiger partial charge on any atom is 0.235 e. The summed E-state index contributed by atoms with van der Waals surface area (Å²) in [5, 5.41) is 2.56. The van der Waals surface area contributed by atoms with E-state index in [1.54, 1.807) is 31.2 Å². The highest BCUT2D eigenvalue weighted by atomic mass is 32.2. The average molecular weight is 329 g/mol. The van der Waals surface area contributed by atoms with E-state index in [4.69, 9.17) is 18.0 Å². The second-order valence-corrected chi connectivity index (χ2v) is 7.04. The first-order valence-electron chi connectivity index (χ1n) is 6.35. The van der Waals surface area contributed by atoms with Gasteiger partial charge in [-0.25, -0.2) is 8.42 Å². The van der Waals surface area contributed by atoms with E-state index in [1.165, 1.54) is 7.05 Å². The summed E-state index contributed by atoms with van der Waals surface area (Å²) in [5.74, 6) is -0.507. The Morgan fingerprint density at radius 1 is 1.33 bits per heavy atom. The average Bonchev–Trinajstić information content (AvgIpc) is 2.39. The number of nitrogens with one attached hydrogen (secondary N) is 1. The van der Waals surface area contributed by atoms with Crippen molar-refractivity contribution in [3.8, 4) is 0 Å². The molecule has 0 radical (unpaired) electrons. The Labute approximate surface area is 130 Å². The molecule has 0 aromatic heterocycles. The SMILES string of the molecule is CCNC(=O)CN(C)S(=O)(=O)Cc1ccc(C(N)=S)cc1. The number of rotatable bonds is 7. The molecule has 3 N–H and O–H groups in total. The van der Waals surface area contributed by atoms with Gasteiger partial charge in [-0.2, -0.15) is 4.31 Å². The molecule has 0 heterocycles. The lowest BCUT2D eigenvalue weighted by Crippen LogP contribution is -2.38. The minimum atomic E-state index is -3.55. The van der Waals surface area contributed by atoms with Gasteiger partial charge in [-0.05, 0) is 12.5 Å². The summed E-state index contributed by atoms with van der Waals surface area (Å²) < 4.78 is 25.3. The number of hydrogen-bond donors (Lipinski definition) is 2. The standard InChI is InChI=1S/C13H19N3O3S2/c1-3-15-12(17)8-16(2)21(18,19)9-10-4-6-11(7-5-10)13(14)20/h4-7H,3,8-9H2,1-2H3,(H2,14,20)(H,15,17). The van der Waals surface area contributed by atoms with Crippen LogP contribution in [0.15, 0.2) is 24.3 Å². The zero-order valence-corrected chi connectivity index (χ0v) is 13.6. The van der Waals surface area contributed by atoms with Crippen LogP contribution in [-0.4, -0.2) is 43.8 Å². The Kier molecular flexibility index (Phi) is 6.25. The smallest absolute Gasteiger partial charge is 0.235 e. The van der Waals surface area contributed by atoms with E-state index >= 15 is 0 Å². The minimum absolute atomic E-state index is 0.180. The van der Waals surface area contributed by atoms with Gasteiger partial charge in [0.15, 0.2) is 0 Å². The van der Waals surface area contributed by atoms with Gasteiger partial charge in [0.05, 0.1) is 12.3 Å². The Bertz CT molecular complexity index is 612. The fourth-order valence-corrected chi connectivity index (χ4v) is 2.92. The first-order valence-corrected chi connectivity index (χ1v) is 8.37. The van der Waals surface area contributed by atoms with Gasteiger partial charge in [-0.3, -0.25) is 4.79 Å². The molecule has 0 fully saturated rings. The number of likely N-dealkylation sites (N-methyl/N-ethyl adjacent to an activating group) is 2. The first kappa shape index (κ1) is 17.5. The van der Waals surface area contributed by atoms with Crippen molar-refractivity contribution in [2.24, 2.45) is 5.73 Å². The number of sulfonamides is 1. The summed E-state index contributed by atoms with van der Waals surface area (Å²) >= 11 is 4.84. The van der Waals surface area contributed by atoms with Crippen molar-refractivity contribution < 1.29 is 13.2 Å². The number of nitrogens with two attached hydrogens (primary N) is 1. The molecule has 0 unspecified atom stereocenters. The minimum Gasteiger partial charge on any atom is -0.389 e. The van der Waals surface area contributed by atoms with E-state index in [-0.39, 0.29) is 23.2 Å². The lowest BCUT2D eigenvalue weighted by Gasteiger charge is -2.16. The Morgan fingerprint density at radius 3 is 2.38 bits per heavy atom. The van der Waals surface area contributed by atoms with E-state index in [0.717, 1.165) is 4.31 Å². The van der Waals surface area contributed by atoms with Crippen LogP contribution in [0.1, 0.15) is 18.1 Å². The predicted molar refractivity (Wildman–Crippen MR) is 86.3 cm³/mol. The molecule has 8 heteroatoms. The molecule has 0 aliphatic rings. The van der Waals surface area contributed by atoms with Crippen molar-refractivity contribution in [3.63, 3.8) is 0 Å². The molecule has 0 bridgehead atoms. The van der Waals surface area contributed by atoms with Gasteiger partial charge in [0.1, 0.15) is 4.99 Å². The highest BCUT2D eigenvalue weighted by Crippen LogP contribution is 2.11. The molecule has 0 atom stereocenters. The topological polar surface area (TPSA) is 92.5 Å². The maximum atomic E-state index is 12.2. The van der Waals surface area contributed by atoms with Crippen molar-refractivity contribution in [3.05, 3.63) is 35.4 Å². The lowest BCUT2D eigenvalue weighted by atomic mass is 10.1. The van der Waals surface area contributed by atoms with Crippen molar-refractivity contribution in [2.75, 3.05) is 20.1 Å². The van der Waals surface area contributed by atoms with Gasteiger partial charge in [-0.1, -0.05) is 36.5 Å². The number of amides is 1. The van der Waals surface area contributed by atoms with Crippen molar-refractivity contribution in [1.82, 2.24) is 9.62 Å². The second kappa shape index (κ2) is 7.48. The molecule has 1 aromatic rings. The number of thiocarbonyl (C=S) groups is 1. The molecule has 0 saturated heterocycles. The molecular weight excluding hydrogens is 310 g/mol. The molecule has 0 spiro atoms. The van der Waals surface area contributed by atoms with E-state index in [1.807, 2.05) is 0 Å². The van der Waals surface area contributed by atoms with Gasteiger partial charge in [0.25, 0.3) is 0 Å². The Hall–Kier alpha value is -1.51. The number of hydrogen-bond acceptors (Lipinski definition) is 4. The summed E-state index contributed by atoms with van der Waals surface area (Å²) in [4.78, 5) is 11.7. The molecule has 1 amide bonds. The molecule has 116 valence electrons. The number of nitrogens with zero attached hydrogens (tertiary/aromatic N) is 1. The number of carbonyl (C=O) groups is 1. The van der Waals surface area contributed by atoms with Crippen LogP contribution in [0.2, 0.25) is 0 Å². The molecule has 0 saturated carbocycles. The zero-order valence-electron chi connectivity index (χ0n) is 12.0. The summed E-state index contributed by atoms with van der Waals surface area (Å²) in [6, 6.07) is 6.67. The molecule has 0 aliphatic carbocycles. The highest BCUT2D eigenvalue weighted by molar-refractivity contribution is 7.88. The van der Waals surface area contributed by atoms with Crippen LogP contribution >= 0.6 is 12.2 Å². The van der Waals surface area contributed by atoms with E-state index < -0.39 is 10.0 Å². The van der Waals surface area contributed by atoms with Crippen LogP contribution in [0.25, 0.3) is 0 Å². The zero-order chi connectivity index (χ0) is 16.0. The van der Waals surface area contributed by atoms with Gasteiger partial charge in [-0.15, -0.1) is 0 Å². The van der Waals surface area contributed by atoms with Gasteiger partial charge < -0.3 is 11.1 Å². The summed E-state index contributed by atoms with van der Waals surface area (Å²) in [5.41, 5.74) is 6.77. The third-order valence-electron chi connectivity index (χ3n) is 2.80. The van der Waals surface area contributed by atoms with Crippen molar-refractivity contribution >= 4 is 33.1 Å². The van der Waals surface area contributed by atoms with Crippen molar-refractivity contribution in [1.29, 1.82) is 0 Å².